The maximum Gasteiger partial charge on any atom is 0.321 e. The summed E-state index contributed by atoms with van der Waals surface area (Å²) in [7, 11) is 0. The van der Waals surface area contributed by atoms with Crippen LogP contribution in [0.4, 0.5) is 10.5 Å². The van der Waals surface area contributed by atoms with Crippen LogP contribution in [0, 0.1) is 0 Å². The number of rotatable bonds is 7. The van der Waals surface area contributed by atoms with Gasteiger partial charge in [0.15, 0.2) is 4.96 Å². The van der Waals surface area contributed by atoms with Crippen LogP contribution < -0.4 is 5.32 Å². The van der Waals surface area contributed by atoms with Crippen molar-refractivity contribution in [2.45, 2.75) is 25.4 Å². The molecule has 176 valence electrons. The predicted octanol–water partition coefficient (Wildman–Crippen LogP) is 6.63. The van der Waals surface area contributed by atoms with Gasteiger partial charge in [-0.15, -0.1) is 11.3 Å². The van der Waals surface area contributed by atoms with Crippen molar-refractivity contribution in [3.05, 3.63) is 75.8 Å². The molecule has 34 heavy (non-hydrogen) atoms. The Morgan fingerprint density at radius 2 is 1.88 bits per heavy atom. The van der Waals surface area contributed by atoms with E-state index in [-0.39, 0.29) is 12.1 Å². The van der Waals surface area contributed by atoms with E-state index in [0.29, 0.717) is 35.2 Å². The summed E-state index contributed by atoms with van der Waals surface area (Å²) < 4.78 is 7.91. The number of carbonyl (C=O) groups excluding carboxylic acids is 1. The molecule has 1 atom stereocenters. The fourth-order valence-corrected chi connectivity index (χ4v) is 5.22. The van der Waals surface area contributed by atoms with Gasteiger partial charge < -0.3 is 15.0 Å². The van der Waals surface area contributed by atoms with Crippen LogP contribution >= 0.6 is 34.5 Å². The number of nitrogens with zero attached hydrogens (tertiary/aromatic N) is 3. The Morgan fingerprint density at radius 3 is 2.59 bits per heavy atom. The maximum atomic E-state index is 13.1. The Hall–Kier alpha value is -2.58. The molecule has 1 unspecified atom stereocenters. The van der Waals surface area contributed by atoms with Crippen molar-refractivity contribution in [3.63, 3.8) is 0 Å². The van der Waals surface area contributed by atoms with Crippen LogP contribution in [0.1, 0.15) is 18.5 Å². The third-order valence-electron chi connectivity index (χ3n) is 5.89. The van der Waals surface area contributed by atoms with Gasteiger partial charge in [-0.25, -0.2) is 9.78 Å². The Kier molecular flexibility index (Phi) is 7.06. The van der Waals surface area contributed by atoms with E-state index in [1.165, 1.54) is 0 Å². The molecular weight excluding hydrogens is 491 g/mol. The second kappa shape index (κ2) is 10.4. The van der Waals surface area contributed by atoms with Gasteiger partial charge in [-0.3, -0.25) is 4.40 Å². The summed E-state index contributed by atoms with van der Waals surface area (Å²) in [5.41, 5.74) is 3.76. The average molecular weight is 515 g/mol. The summed E-state index contributed by atoms with van der Waals surface area (Å²) in [5, 5.41) is 6.43. The van der Waals surface area contributed by atoms with Gasteiger partial charge in [0.25, 0.3) is 0 Å². The number of benzene rings is 2. The molecule has 1 fully saturated rings. The Morgan fingerprint density at radius 1 is 1.15 bits per heavy atom. The van der Waals surface area contributed by atoms with Crippen LogP contribution in [0.25, 0.3) is 16.2 Å². The smallest absolute Gasteiger partial charge is 0.321 e. The normalized spacial score (nSPS) is 15.6. The number of hydrogen-bond donors (Lipinski definition) is 1. The zero-order valence-electron chi connectivity index (χ0n) is 18.4. The SMILES string of the molecule is O=C(Nc1ccc(Cl)cc1)N(CCc1csc2nc(-c3ccc(Cl)cc3)cn12)CC1CCCO1. The molecule has 1 aliphatic rings. The first-order valence-corrected chi connectivity index (χ1v) is 12.8. The largest absolute Gasteiger partial charge is 0.376 e. The number of fused-ring (bicyclic) bond motifs is 1. The monoisotopic (exact) mass is 514 g/mol. The molecule has 1 saturated heterocycles. The van der Waals surface area contributed by atoms with Crippen molar-refractivity contribution < 1.29 is 9.53 Å². The molecule has 0 radical (unpaired) electrons. The van der Waals surface area contributed by atoms with Gasteiger partial charge in [-0.2, -0.15) is 0 Å². The standard InChI is InChI=1S/C25H24Cl2N4O2S/c26-18-5-3-17(4-6-18)23-15-31-21(16-34-25(31)29-23)11-12-30(14-22-2-1-13-33-22)24(32)28-20-9-7-19(27)8-10-20/h3-10,15-16,22H,1-2,11-14H2,(H,28,32). The van der Waals surface area contributed by atoms with E-state index < -0.39 is 0 Å². The fraction of sp³-hybridized carbons (Fsp3) is 0.280. The van der Waals surface area contributed by atoms with E-state index in [1.807, 2.05) is 35.4 Å². The lowest BCUT2D eigenvalue weighted by atomic mass is 10.2. The van der Waals surface area contributed by atoms with Crippen molar-refractivity contribution in [1.82, 2.24) is 14.3 Å². The zero-order valence-corrected chi connectivity index (χ0v) is 20.7. The highest BCUT2D eigenvalue weighted by Crippen LogP contribution is 2.25. The van der Waals surface area contributed by atoms with Crippen LogP contribution in [-0.2, 0) is 11.2 Å². The minimum absolute atomic E-state index is 0.0724. The quantitative estimate of drug-likeness (QED) is 0.301. The average Bonchev–Trinajstić information content (AvgIpc) is 3.57. The van der Waals surface area contributed by atoms with Gasteiger partial charge in [-0.1, -0.05) is 35.3 Å². The minimum atomic E-state index is -0.142. The molecule has 5 rings (SSSR count). The van der Waals surface area contributed by atoms with Gasteiger partial charge in [-0.05, 0) is 49.2 Å². The second-order valence-electron chi connectivity index (χ2n) is 8.28. The number of urea groups is 1. The topological polar surface area (TPSA) is 58.9 Å². The van der Waals surface area contributed by atoms with Crippen LogP contribution in [-0.4, -0.2) is 46.1 Å². The van der Waals surface area contributed by atoms with Crippen LogP contribution in [0.3, 0.4) is 0 Å². The number of halogens is 2. The molecule has 1 N–H and O–H groups in total. The predicted molar refractivity (Wildman–Crippen MR) is 138 cm³/mol. The molecule has 2 aromatic heterocycles. The maximum absolute atomic E-state index is 13.1. The molecule has 0 bridgehead atoms. The summed E-state index contributed by atoms with van der Waals surface area (Å²) in [5.74, 6) is 0. The Bertz CT molecular complexity index is 1260. The molecule has 2 aromatic carbocycles. The lowest BCUT2D eigenvalue weighted by Gasteiger charge is -2.25. The highest BCUT2D eigenvalue weighted by Gasteiger charge is 2.23. The molecule has 3 heterocycles. The van der Waals surface area contributed by atoms with Crippen LogP contribution in [0.15, 0.2) is 60.1 Å². The van der Waals surface area contributed by atoms with E-state index in [9.17, 15) is 4.79 Å². The van der Waals surface area contributed by atoms with E-state index >= 15 is 0 Å². The minimum Gasteiger partial charge on any atom is -0.376 e. The van der Waals surface area contributed by atoms with E-state index in [4.69, 9.17) is 32.9 Å². The van der Waals surface area contributed by atoms with Crippen LogP contribution in [0.5, 0.6) is 0 Å². The van der Waals surface area contributed by atoms with Crippen molar-refractivity contribution >= 4 is 51.2 Å². The van der Waals surface area contributed by atoms with Crippen molar-refractivity contribution in [2.75, 3.05) is 25.0 Å². The highest BCUT2D eigenvalue weighted by molar-refractivity contribution is 7.15. The van der Waals surface area contributed by atoms with Gasteiger partial charge in [0.2, 0.25) is 0 Å². The first kappa shape index (κ1) is 23.2. The molecule has 4 aromatic rings. The number of carbonyl (C=O) groups is 1. The first-order valence-electron chi connectivity index (χ1n) is 11.2. The van der Waals surface area contributed by atoms with E-state index in [0.717, 1.165) is 41.4 Å². The number of aromatic nitrogens is 2. The Labute approximate surface area is 212 Å². The first-order chi connectivity index (χ1) is 16.5. The number of imidazole rings is 1. The molecule has 0 spiro atoms. The molecule has 1 aliphatic heterocycles. The van der Waals surface area contributed by atoms with Gasteiger partial charge in [0.05, 0.1) is 11.8 Å². The third kappa shape index (κ3) is 5.39. The molecule has 0 aliphatic carbocycles. The molecule has 6 nitrogen and oxygen atoms in total. The third-order valence-corrected chi connectivity index (χ3v) is 7.28. The van der Waals surface area contributed by atoms with Crippen molar-refractivity contribution in [2.24, 2.45) is 0 Å². The lowest BCUT2D eigenvalue weighted by Crippen LogP contribution is -2.41. The second-order valence-corrected chi connectivity index (χ2v) is 9.99. The van der Waals surface area contributed by atoms with Gasteiger partial charge >= 0.3 is 6.03 Å². The van der Waals surface area contributed by atoms with Gasteiger partial charge in [0.1, 0.15) is 0 Å². The summed E-state index contributed by atoms with van der Waals surface area (Å²) in [4.78, 5) is 20.6. The molecule has 2 amide bonds. The molecule has 0 saturated carbocycles. The van der Waals surface area contributed by atoms with Crippen molar-refractivity contribution in [3.8, 4) is 11.3 Å². The fourth-order valence-electron chi connectivity index (χ4n) is 4.06. The van der Waals surface area contributed by atoms with Crippen molar-refractivity contribution in [1.29, 1.82) is 0 Å². The molecule has 9 heteroatoms. The zero-order chi connectivity index (χ0) is 23.5. The summed E-state index contributed by atoms with van der Waals surface area (Å²) in [6.07, 6.45) is 4.83. The van der Waals surface area contributed by atoms with E-state index in [2.05, 4.69) is 15.1 Å². The van der Waals surface area contributed by atoms with E-state index in [1.54, 1.807) is 35.6 Å². The molecular formula is C25H24Cl2N4O2S. The summed E-state index contributed by atoms with van der Waals surface area (Å²) in [6.45, 7) is 1.89. The Balaban J connectivity index is 1.31. The number of ether oxygens (including phenoxy) is 1. The number of anilines is 1. The number of thiazole rings is 1. The number of amides is 2. The lowest BCUT2D eigenvalue weighted by molar-refractivity contribution is 0.0838. The van der Waals surface area contributed by atoms with Crippen LogP contribution in [0.2, 0.25) is 10.0 Å². The number of nitrogens with one attached hydrogen (secondary N) is 1. The summed E-state index contributed by atoms with van der Waals surface area (Å²) >= 11 is 13.6. The van der Waals surface area contributed by atoms with Gasteiger partial charge in [0, 0.05) is 64.7 Å². The summed E-state index contributed by atoms with van der Waals surface area (Å²) in [6, 6.07) is 14.7. The number of hydrogen-bond acceptors (Lipinski definition) is 4. The highest BCUT2D eigenvalue weighted by atomic mass is 35.5.